The van der Waals surface area contributed by atoms with E-state index in [2.05, 4.69) is 46.0 Å². The van der Waals surface area contributed by atoms with Crippen molar-refractivity contribution in [3.63, 3.8) is 0 Å². The van der Waals surface area contributed by atoms with Crippen LogP contribution in [0.4, 0.5) is 5.69 Å². The maximum absolute atomic E-state index is 5.69. The first-order valence-electron chi connectivity index (χ1n) is 7.09. The van der Waals surface area contributed by atoms with E-state index in [1.807, 2.05) is 0 Å². The molecule has 0 saturated carbocycles. The lowest BCUT2D eigenvalue weighted by molar-refractivity contribution is 0.0459. The number of piperidine rings is 1. The molecule has 1 saturated heterocycles. The molecule has 0 radical (unpaired) electrons. The molecule has 0 unspecified atom stereocenters. The largest absolute Gasteiger partial charge is 0.378 e. The molecule has 0 amide bonds. The number of hydrogen-bond donors (Lipinski definition) is 1. The van der Waals surface area contributed by atoms with Crippen molar-refractivity contribution < 1.29 is 4.74 Å². The fourth-order valence-electron chi connectivity index (χ4n) is 2.61. The lowest BCUT2D eigenvalue weighted by Crippen LogP contribution is -2.37. The van der Waals surface area contributed by atoms with E-state index in [1.165, 1.54) is 15.7 Å². The van der Waals surface area contributed by atoms with Crippen LogP contribution in [0.25, 0.3) is 0 Å². The lowest BCUT2D eigenvalue weighted by atomic mass is 10.1. The van der Waals surface area contributed by atoms with E-state index < -0.39 is 0 Å². The van der Waals surface area contributed by atoms with Gasteiger partial charge in [-0.2, -0.15) is 0 Å². The van der Waals surface area contributed by atoms with Gasteiger partial charge in [-0.25, -0.2) is 0 Å². The van der Waals surface area contributed by atoms with Gasteiger partial charge in [-0.1, -0.05) is 22.0 Å². The zero-order valence-electron chi connectivity index (χ0n) is 11.6. The van der Waals surface area contributed by atoms with Crippen LogP contribution in [0.5, 0.6) is 0 Å². The minimum Gasteiger partial charge on any atom is -0.378 e. The molecular formula is C15H23BrN2O. The predicted molar refractivity (Wildman–Crippen MR) is 83.8 cm³/mol. The molecule has 4 heteroatoms. The summed E-state index contributed by atoms with van der Waals surface area (Å²) in [5, 5.41) is 0. The van der Waals surface area contributed by atoms with Gasteiger partial charge in [0, 0.05) is 29.9 Å². The van der Waals surface area contributed by atoms with Crippen LogP contribution in [0.3, 0.4) is 0 Å². The molecule has 0 bridgehead atoms. The molecule has 0 aliphatic carbocycles. The van der Waals surface area contributed by atoms with Crippen molar-refractivity contribution in [3.05, 3.63) is 28.2 Å². The third kappa shape index (κ3) is 3.94. The van der Waals surface area contributed by atoms with Crippen LogP contribution in [-0.2, 0) is 11.2 Å². The Morgan fingerprint density at radius 1 is 1.37 bits per heavy atom. The second-order valence-electron chi connectivity index (χ2n) is 4.96. The van der Waals surface area contributed by atoms with Crippen LogP contribution in [0.15, 0.2) is 22.7 Å². The Morgan fingerprint density at radius 2 is 2.11 bits per heavy atom. The average Bonchev–Trinajstić information content (AvgIpc) is 2.43. The second-order valence-corrected chi connectivity index (χ2v) is 5.81. The van der Waals surface area contributed by atoms with Gasteiger partial charge in [0.1, 0.15) is 0 Å². The van der Waals surface area contributed by atoms with Gasteiger partial charge >= 0.3 is 0 Å². The normalized spacial score (nSPS) is 16.9. The zero-order valence-corrected chi connectivity index (χ0v) is 13.2. The first kappa shape index (κ1) is 14.8. The molecule has 1 aromatic carbocycles. The quantitative estimate of drug-likeness (QED) is 0.904. The third-order valence-electron chi connectivity index (χ3n) is 3.66. The van der Waals surface area contributed by atoms with Crippen molar-refractivity contribution in [1.29, 1.82) is 0 Å². The molecule has 0 aromatic heterocycles. The summed E-state index contributed by atoms with van der Waals surface area (Å²) in [6.45, 7) is 5.74. The molecule has 1 aliphatic rings. The lowest BCUT2D eigenvalue weighted by Gasteiger charge is -2.33. The van der Waals surface area contributed by atoms with Crippen LogP contribution in [-0.4, -0.2) is 32.3 Å². The SMILES string of the molecule is CCOC1CCN(c2ccc(CCN)c(Br)c2)CC1. The van der Waals surface area contributed by atoms with Crippen molar-refractivity contribution in [2.45, 2.75) is 32.3 Å². The predicted octanol–water partition coefficient (Wildman–Crippen LogP) is 2.96. The summed E-state index contributed by atoms with van der Waals surface area (Å²) in [6, 6.07) is 6.60. The van der Waals surface area contributed by atoms with E-state index in [0.717, 1.165) is 39.0 Å². The van der Waals surface area contributed by atoms with Gasteiger partial charge in [0.05, 0.1) is 6.10 Å². The van der Waals surface area contributed by atoms with Crippen LogP contribution >= 0.6 is 15.9 Å². The van der Waals surface area contributed by atoms with Crippen molar-refractivity contribution >= 4 is 21.6 Å². The van der Waals surface area contributed by atoms with Gasteiger partial charge in [-0.3, -0.25) is 0 Å². The molecule has 3 nitrogen and oxygen atoms in total. The average molecular weight is 327 g/mol. The first-order valence-corrected chi connectivity index (χ1v) is 7.89. The summed E-state index contributed by atoms with van der Waals surface area (Å²) in [5.74, 6) is 0. The Bertz CT molecular complexity index is 403. The fraction of sp³-hybridized carbons (Fsp3) is 0.600. The van der Waals surface area contributed by atoms with Gasteiger partial charge in [0.2, 0.25) is 0 Å². The van der Waals surface area contributed by atoms with Crippen molar-refractivity contribution in [2.75, 3.05) is 31.1 Å². The van der Waals surface area contributed by atoms with Crippen LogP contribution in [0.1, 0.15) is 25.3 Å². The monoisotopic (exact) mass is 326 g/mol. The zero-order chi connectivity index (χ0) is 13.7. The molecule has 2 rings (SSSR count). The molecule has 19 heavy (non-hydrogen) atoms. The Balaban J connectivity index is 1.97. The smallest absolute Gasteiger partial charge is 0.0608 e. The topological polar surface area (TPSA) is 38.5 Å². The highest BCUT2D eigenvalue weighted by molar-refractivity contribution is 9.10. The molecular weight excluding hydrogens is 304 g/mol. The molecule has 106 valence electrons. The Kier molecular flexibility index (Phi) is 5.67. The number of rotatable bonds is 5. The Labute approximate surface area is 124 Å². The Morgan fingerprint density at radius 3 is 2.68 bits per heavy atom. The summed E-state index contributed by atoms with van der Waals surface area (Å²) in [4.78, 5) is 2.44. The first-order chi connectivity index (χ1) is 9.24. The van der Waals surface area contributed by atoms with Crippen molar-refractivity contribution in [2.24, 2.45) is 5.73 Å². The second kappa shape index (κ2) is 7.27. The molecule has 1 fully saturated rings. The number of benzene rings is 1. The van der Waals surface area contributed by atoms with E-state index >= 15 is 0 Å². The highest BCUT2D eigenvalue weighted by atomic mass is 79.9. The molecule has 1 aromatic rings. The molecule has 0 spiro atoms. The van der Waals surface area contributed by atoms with E-state index in [0.29, 0.717) is 12.6 Å². The minimum absolute atomic E-state index is 0.446. The van der Waals surface area contributed by atoms with E-state index in [9.17, 15) is 0 Å². The standard InChI is InChI=1S/C15H23BrN2O/c1-2-19-14-6-9-18(10-7-14)13-4-3-12(5-8-17)15(16)11-13/h3-4,11,14H,2,5-10,17H2,1H3. The van der Waals surface area contributed by atoms with Gasteiger partial charge < -0.3 is 15.4 Å². The summed E-state index contributed by atoms with van der Waals surface area (Å²) < 4.78 is 6.86. The van der Waals surface area contributed by atoms with Gasteiger partial charge in [-0.05, 0) is 50.4 Å². The molecule has 1 heterocycles. The maximum atomic E-state index is 5.69. The van der Waals surface area contributed by atoms with Gasteiger partial charge in [0.25, 0.3) is 0 Å². The highest BCUT2D eigenvalue weighted by Gasteiger charge is 2.19. The van der Waals surface area contributed by atoms with Crippen LogP contribution < -0.4 is 10.6 Å². The number of halogens is 1. The number of hydrogen-bond acceptors (Lipinski definition) is 3. The number of nitrogens with two attached hydrogens (primary N) is 1. The van der Waals surface area contributed by atoms with Gasteiger partial charge in [0.15, 0.2) is 0 Å². The van der Waals surface area contributed by atoms with E-state index in [4.69, 9.17) is 10.5 Å². The summed E-state index contributed by atoms with van der Waals surface area (Å²) in [5.41, 5.74) is 8.19. The highest BCUT2D eigenvalue weighted by Crippen LogP contribution is 2.27. The Hall–Kier alpha value is -0.580. The maximum Gasteiger partial charge on any atom is 0.0608 e. The number of nitrogens with zero attached hydrogens (tertiary/aromatic N) is 1. The van der Waals surface area contributed by atoms with Crippen molar-refractivity contribution in [1.82, 2.24) is 0 Å². The van der Waals surface area contributed by atoms with Crippen molar-refractivity contribution in [3.8, 4) is 0 Å². The van der Waals surface area contributed by atoms with Crippen LogP contribution in [0.2, 0.25) is 0 Å². The number of anilines is 1. The van der Waals surface area contributed by atoms with Gasteiger partial charge in [-0.15, -0.1) is 0 Å². The summed E-state index contributed by atoms with van der Waals surface area (Å²) in [7, 11) is 0. The third-order valence-corrected chi connectivity index (χ3v) is 4.40. The van der Waals surface area contributed by atoms with Crippen LogP contribution in [0, 0.1) is 0 Å². The molecule has 2 N–H and O–H groups in total. The summed E-state index contributed by atoms with van der Waals surface area (Å²) in [6.07, 6.45) is 3.61. The summed E-state index contributed by atoms with van der Waals surface area (Å²) >= 11 is 3.64. The number of ether oxygens (including phenoxy) is 1. The van der Waals surface area contributed by atoms with E-state index in [1.54, 1.807) is 0 Å². The minimum atomic E-state index is 0.446. The molecule has 0 atom stereocenters. The van der Waals surface area contributed by atoms with E-state index in [-0.39, 0.29) is 0 Å². The molecule has 1 aliphatic heterocycles. The fourth-order valence-corrected chi connectivity index (χ4v) is 3.17.